The molecule has 2 aromatic rings. The molecule has 0 saturated carbocycles. The number of methoxy groups -OCH3 is 1. The molecular formula is C10H10FN5O. The minimum Gasteiger partial charge on any atom is -0.496 e. The maximum Gasteiger partial charge on any atom is 0.225 e. The summed E-state index contributed by atoms with van der Waals surface area (Å²) in [6.45, 7) is 0. The van der Waals surface area contributed by atoms with Crippen LogP contribution in [-0.4, -0.2) is 22.1 Å². The number of anilines is 2. The first kappa shape index (κ1) is 11.1. The van der Waals surface area contributed by atoms with Crippen LogP contribution in [0.3, 0.4) is 0 Å². The van der Waals surface area contributed by atoms with Gasteiger partial charge in [0.15, 0.2) is 5.82 Å². The van der Waals surface area contributed by atoms with E-state index in [4.69, 9.17) is 16.2 Å². The molecule has 0 saturated heterocycles. The van der Waals surface area contributed by atoms with Crippen LogP contribution < -0.4 is 16.2 Å². The van der Waals surface area contributed by atoms with Gasteiger partial charge in [-0.2, -0.15) is 15.0 Å². The molecule has 0 fully saturated rings. The second-order valence-corrected chi connectivity index (χ2v) is 3.19. The molecule has 2 rings (SSSR count). The Balaban J connectivity index is 2.67. The second kappa shape index (κ2) is 4.20. The number of hydrogen-bond acceptors (Lipinski definition) is 6. The lowest BCUT2D eigenvalue weighted by molar-refractivity contribution is 0.413. The first-order valence-electron chi connectivity index (χ1n) is 4.71. The SMILES string of the molecule is COc1cccc(F)c1-c1nc(N)nc(N)n1. The molecule has 4 N–H and O–H groups in total. The molecule has 0 spiro atoms. The Morgan fingerprint density at radius 2 is 1.76 bits per heavy atom. The molecular weight excluding hydrogens is 225 g/mol. The summed E-state index contributed by atoms with van der Waals surface area (Å²) in [6.07, 6.45) is 0. The van der Waals surface area contributed by atoms with Crippen molar-refractivity contribution in [2.75, 3.05) is 18.6 Å². The van der Waals surface area contributed by atoms with Gasteiger partial charge in [-0.3, -0.25) is 0 Å². The number of rotatable bonds is 2. The van der Waals surface area contributed by atoms with Gasteiger partial charge in [0.2, 0.25) is 11.9 Å². The largest absolute Gasteiger partial charge is 0.496 e. The van der Waals surface area contributed by atoms with Crippen molar-refractivity contribution in [3.05, 3.63) is 24.0 Å². The zero-order chi connectivity index (χ0) is 12.4. The summed E-state index contributed by atoms with van der Waals surface area (Å²) < 4.78 is 18.8. The first-order valence-corrected chi connectivity index (χ1v) is 4.71. The highest BCUT2D eigenvalue weighted by atomic mass is 19.1. The van der Waals surface area contributed by atoms with Gasteiger partial charge in [-0.05, 0) is 12.1 Å². The molecule has 0 atom stereocenters. The Labute approximate surface area is 96.5 Å². The second-order valence-electron chi connectivity index (χ2n) is 3.19. The van der Waals surface area contributed by atoms with Crippen molar-refractivity contribution in [2.24, 2.45) is 0 Å². The minimum absolute atomic E-state index is 0.0463. The zero-order valence-corrected chi connectivity index (χ0v) is 9.01. The predicted molar refractivity (Wildman–Crippen MR) is 60.6 cm³/mol. The third-order valence-corrected chi connectivity index (χ3v) is 2.09. The van der Waals surface area contributed by atoms with E-state index in [9.17, 15) is 4.39 Å². The van der Waals surface area contributed by atoms with Crippen molar-refractivity contribution in [3.63, 3.8) is 0 Å². The van der Waals surface area contributed by atoms with E-state index in [0.29, 0.717) is 5.75 Å². The van der Waals surface area contributed by atoms with Gasteiger partial charge in [-0.15, -0.1) is 0 Å². The standard InChI is InChI=1S/C10H10FN5O/c1-17-6-4-2-3-5(11)7(6)8-14-9(12)16-10(13)15-8/h2-4H,1H3,(H4,12,13,14,15,16). The number of benzene rings is 1. The Kier molecular flexibility index (Phi) is 2.73. The van der Waals surface area contributed by atoms with Gasteiger partial charge in [0.05, 0.1) is 12.7 Å². The smallest absolute Gasteiger partial charge is 0.225 e. The number of nitrogen functional groups attached to an aromatic ring is 2. The first-order chi connectivity index (χ1) is 8.11. The van der Waals surface area contributed by atoms with Crippen LogP contribution in [0.1, 0.15) is 0 Å². The highest BCUT2D eigenvalue weighted by molar-refractivity contribution is 5.66. The number of ether oxygens (including phenoxy) is 1. The minimum atomic E-state index is -0.519. The molecule has 88 valence electrons. The van der Waals surface area contributed by atoms with Crippen molar-refractivity contribution in [2.45, 2.75) is 0 Å². The molecule has 0 aliphatic rings. The fourth-order valence-corrected chi connectivity index (χ4v) is 1.41. The van der Waals surface area contributed by atoms with Crippen LogP contribution in [0.15, 0.2) is 18.2 Å². The molecule has 1 aromatic carbocycles. The highest BCUT2D eigenvalue weighted by Gasteiger charge is 2.15. The molecule has 0 aliphatic heterocycles. The van der Waals surface area contributed by atoms with Crippen LogP contribution >= 0.6 is 0 Å². The molecule has 6 nitrogen and oxygen atoms in total. The van der Waals surface area contributed by atoms with Crippen LogP contribution in [-0.2, 0) is 0 Å². The Hall–Kier alpha value is -2.44. The molecule has 1 heterocycles. The summed E-state index contributed by atoms with van der Waals surface area (Å²) in [5.74, 6) is -0.315. The quantitative estimate of drug-likeness (QED) is 0.800. The van der Waals surface area contributed by atoms with Gasteiger partial charge in [-0.1, -0.05) is 6.07 Å². The molecule has 0 bridgehead atoms. The van der Waals surface area contributed by atoms with Gasteiger partial charge in [0, 0.05) is 0 Å². The number of aromatic nitrogens is 3. The fourth-order valence-electron chi connectivity index (χ4n) is 1.41. The van der Waals surface area contributed by atoms with Crippen LogP contribution in [0, 0.1) is 5.82 Å². The fraction of sp³-hybridized carbons (Fsp3) is 0.100. The average molecular weight is 235 g/mol. The van der Waals surface area contributed by atoms with E-state index in [1.54, 1.807) is 6.07 Å². The van der Waals surface area contributed by atoms with Crippen LogP contribution in [0.2, 0.25) is 0 Å². The maximum absolute atomic E-state index is 13.7. The van der Waals surface area contributed by atoms with Gasteiger partial charge in [0.1, 0.15) is 11.6 Å². The Bertz CT molecular complexity index is 540. The predicted octanol–water partition coefficient (Wildman–Crippen LogP) is 0.851. The number of nitrogens with two attached hydrogens (primary N) is 2. The molecule has 7 heteroatoms. The lowest BCUT2D eigenvalue weighted by Gasteiger charge is -2.08. The van der Waals surface area contributed by atoms with Gasteiger partial charge < -0.3 is 16.2 Å². The van der Waals surface area contributed by atoms with E-state index in [1.807, 2.05) is 0 Å². The summed E-state index contributed by atoms with van der Waals surface area (Å²) in [5, 5.41) is 0. The van der Waals surface area contributed by atoms with E-state index in [2.05, 4.69) is 15.0 Å². The van der Waals surface area contributed by atoms with Gasteiger partial charge in [-0.25, -0.2) is 4.39 Å². The highest BCUT2D eigenvalue weighted by Crippen LogP contribution is 2.30. The maximum atomic E-state index is 13.7. The van der Waals surface area contributed by atoms with Crippen molar-refractivity contribution in [1.82, 2.24) is 15.0 Å². The van der Waals surface area contributed by atoms with Gasteiger partial charge >= 0.3 is 0 Å². The van der Waals surface area contributed by atoms with E-state index in [1.165, 1.54) is 19.2 Å². The van der Waals surface area contributed by atoms with Gasteiger partial charge in [0.25, 0.3) is 0 Å². The molecule has 17 heavy (non-hydrogen) atoms. The number of hydrogen-bond donors (Lipinski definition) is 2. The summed E-state index contributed by atoms with van der Waals surface area (Å²) in [4.78, 5) is 11.3. The van der Waals surface area contributed by atoms with E-state index in [-0.39, 0.29) is 23.3 Å². The van der Waals surface area contributed by atoms with Crippen molar-refractivity contribution in [1.29, 1.82) is 0 Å². The van der Waals surface area contributed by atoms with Crippen LogP contribution in [0.25, 0.3) is 11.4 Å². The Morgan fingerprint density at radius 1 is 1.12 bits per heavy atom. The van der Waals surface area contributed by atoms with E-state index < -0.39 is 5.82 Å². The number of halogens is 1. The average Bonchev–Trinajstić information content (AvgIpc) is 2.27. The molecule has 0 radical (unpaired) electrons. The lowest BCUT2D eigenvalue weighted by atomic mass is 10.1. The van der Waals surface area contributed by atoms with Crippen molar-refractivity contribution >= 4 is 11.9 Å². The summed E-state index contributed by atoms with van der Waals surface area (Å²) in [7, 11) is 1.42. The third-order valence-electron chi connectivity index (χ3n) is 2.09. The summed E-state index contributed by atoms with van der Waals surface area (Å²) >= 11 is 0. The van der Waals surface area contributed by atoms with Crippen molar-refractivity contribution < 1.29 is 9.13 Å². The van der Waals surface area contributed by atoms with Crippen molar-refractivity contribution in [3.8, 4) is 17.1 Å². The molecule has 0 unspecified atom stereocenters. The van der Waals surface area contributed by atoms with E-state index >= 15 is 0 Å². The summed E-state index contributed by atoms with van der Waals surface area (Å²) in [6, 6.07) is 4.38. The zero-order valence-electron chi connectivity index (χ0n) is 9.01. The monoisotopic (exact) mass is 235 g/mol. The normalized spacial score (nSPS) is 10.2. The lowest BCUT2D eigenvalue weighted by Crippen LogP contribution is -2.05. The summed E-state index contributed by atoms with van der Waals surface area (Å²) in [5.41, 5.74) is 11.0. The topological polar surface area (TPSA) is 99.9 Å². The van der Waals surface area contributed by atoms with Crippen LogP contribution in [0.4, 0.5) is 16.3 Å². The molecule has 1 aromatic heterocycles. The molecule has 0 amide bonds. The third kappa shape index (κ3) is 2.07. The van der Waals surface area contributed by atoms with Crippen LogP contribution in [0.5, 0.6) is 5.75 Å². The van der Waals surface area contributed by atoms with E-state index in [0.717, 1.165) is 0 Å². The molecule has 0 aliphatic carbocycles. The number of nitrogens with zero attached hydrogens (tertiary/aromatic N) is 3. The Morgan fingerprint density at radius 3 is 2.35 bits per heavy atom.